The van der Waals surface area contributed by atoms with Gasteiger partial charge in [-0.05, 0) is 62.2 Å². The third-order valence-corrected chi connectivity index (χ3v) is 5.69. The number of aryl methyl sites for hydroxylation is 2. The Hall–Kier alpha value is -3.26. The first kappa shape index (κ1) is 23.4. The molecule has 0 bridgehead atoms. The molecule has 0 unspecified atom stereocenters. The molecule has 0 aromatic heterocycles. The number of hydrogen-bond donors (Lipinski definition) is 2. The quantitative estimate of drug-likeness (QED) is 0.575. The summed E-state index contributed by atoms with van der Waals surface area (Å²) in [7, 11) is 1.58. The Balaban J connectivity index is 1.77. The van der Waals surface area contributed by atoms with E-state index in [2.05, 4.69) is 10.6 Å². The lowest BCUT2D eigenvalue weighted by Crippen LogP contribution is -2.15. The number of ether oxygens (including phenoxy) is 2. The minimum absolute atomic E-state index is 0.0930. The van der Waals surface area contributed by atoms with E-state index in [1.165, 1.54) is 11.8 Å². The molecule has 0 fully saturated rings. The van der Waals surface area contributed by atoms with Crippen LogP contribution in [-0.2, 0) is 14.3 Å². The van der Waals surface area contributed by atoms with Crippen LogP contribution in [0.4, 0.5) is 17.1 Å². The molecule has 0 spiro atoms. The number of fused-ring (bicyclic) bond motifs is 1. The van der Waals surface area contributed by atoms with Gasteiger partial charge < -0.3 is 20.1 Å². The molecular formula is C24H27N3O4S. The average molecular weight is 454 g/mol. The molecule has 2 aromatic rings. The molecule has 2 aromatic carbocycles. The molecule has 2 N–H and O–H groups in total. The van der Waals surface area contributed by atoms with Crippen molar-refractivity contribution in [1.82, 2.24) is 0 Å². The molecule has 0 radical (unpaired) electrons. The Kier molecular flexibility index (Phi) is 7.94. The third-order valence-electron chi connectivity index (χ3n) is 4.78. The molecule has 1 heterocycles. The summed E-state index contributed by atoms with van der Waals surface area (Å²) in [5, 5.41) is 6.81. The number of nitrogens with zero attached hydrogens (tertiary/aromatic N) is 1. The standard InChI is InChI=1S/C24H27N3O4S/c1-5-31-24(29)13-18-12-23(27-21-10-16(3)15(2)9-20(21)25-18)32-14-22(28)26-17-7-6-8-19(11-17)30-4/h6-12,25H,5,13-14H2,1-4H3,(H,26,28). The summed E-state index contributed by atoms with van der Waals surface area (Å²) in [5.74, 6) is 0.352. The Morgan fingerprint density at radius 2 is 1.94 bits per heavy atom. The van der Waals surface area contributed by atoms with Gasteiger partial charge in [0.15, 0.2) is 0 Å². The first-order chi connectivity index (χ1) is 15.4. The van der Waals surface area contributed by atoms with Crippen LogP contribution in [0.2, 0.25) is 0 Å². The van der Waals surface area contributed by atoms with Crippen molar-refractivity contribution in [2.75, 3.05) is 30.1 Å². The van der Waals surface area contributed by atoms with Crippen LogP contribution in [0, 0.1) is 13.8 Å². The van der Waals surface area contributed by atoms with Crippen LogP contribution in [0.1, 0.15) is 24.5 Å². The van der Waals surface area contributed by atoms with Gasteiger partial charge in [0.25, 0.3) is 0 Å². The average Bonchev–Trinajstić information content (AvgIpc) is 2.91. The van der Waals surface area contributed by atoms with Gasteiger partial charge in [-0.15, -0.1) is 0 Å². The minimum Gasteiger partial charge on any atom is -0.497 e. The number of anilines is 2. The van der Waals surface area contributed by atoms with Crippen LogP contribution in [0.15, 0.2) is 53.2 Å². The molecule has 0 saturated carbocycles. The first-order valence-corrected chi connectivity index (χ1v) is 11.3. The summed E-state index contributed by atoms with van der Waals surface area (Å²) in [6.07, 6.45) is 1.89. The third kappa shape index (κ3) is 6.37. The summed E-state index contributed by atoms with van der Waals surface area (Å²) in [6.45, 7) is 6.15. The largest absolute Gasteiger partial charge is 0.497 e. The molecule has 168 valence electrons. The Labute approximate surface area is 192 Å². The zero-order valence-electron chi connectivity index (χ0n) is 18.7. The predicted molar refractivity (Wildman–Crippen MR) is 130 cm³/mol. The summed E-state index contributed by atoms with van der Waals surface area (Å²) in [5.41, 5.74) is 5.15. The van der Waals surface area contributed by atoms with Crippen LogP contribution >= 0.6 is 11.8 Å². The number of methoxy groups -OCH3 is 1. The van der Waals surface area contributed by atoms with Gasteiger partial charge in [-0.3, -0.25) is 9.59 Å². The summed E-state index contributed by atoms with van der Waals surface area (Å²) in [6, 6.07) is 11.2. The molecule has 7 nitrogen and oxygen atoms in total. The van der Waals surface area contributed by atoms with Crippen molar-refractivity contribution >= 4 is 45.7 Å². The number of esters is 1. The van der Waals surface area contributed by atoms with E-state index in [-0.39, 0.29) is 24.1 Å². The van der Waals surface area contributed by atoms with E-state index in [1.54, 1.807) is 32.2 Å². The highest BCUT2D eigenvalue weighted by atomic mass is 32.2. The van der Waals surface area contributed by atoms with Crippen molar-refractivity contribution in [2.45, 2.75) is 27.2 Å². The van der Waals surface area contributed by atoms with Crippen molar-refractivity contribution < 1.29 is 19.1 Å². The van der Waals surface area contributed by atoms with Crippen LogP contribution in [0.3, 0.4) is 0 Å². The van der Waals surface area contributed by atoms with Crippen LogP contribution in [-0.4, -0.2) is 36.4 Å². The zero-order chi connectivity index (χ0) is 23.1. The highest BCUT2D eigenvalue weighted by molar-refractivity contribution is 8.14. The Morgan fingerprint density at radius 1 is 1.16 bits per heavy atom. The van der Waals surface area contributed by atoms with Gasteiger partial charge in [0.05, 0.1) is 42.3 Å². The fourth-order valence-electron chi connectivity index (χ4n) is 3.08. The smallest absolute Gasteiger partial charge is 0.311 e. The molecule has 0 aliphatic carbocycles. The minimum atomic E-state index is -0.321. The van der Waals surface area contributed by atoms with Gasteiger partial charge in [0.2, 0.25) is 5.91 Å². The fourth-order valence-corrected chi connectivity index (χ4v) is 3.82. The van der Waals surface area contributed by atoms with E-state index in [0.29, 0.717) is 28.8 Å². The van der Waals surface area contributed by atoms with Crippen molar-refractivity contribution in [2.24, 2.45) is 4.99 Å². The highest BCUT2D eigenvalue weighted by Gasteiger charge is 2.17. The maximum Gasteiger partial charge on any atom is 0.311 e. The van der Waals surface area contributed by atoms with Gasteiger partial charge in [-0.2, -0.15) is 0 Å². The highest BCUT2D eigenvalue weighted by Crippen LogP contribution is 2.34. The lowest BCUT2D eigenvalue weighted by Gasteiger charge is -2.12. The number of amides is 1. The van der Waals surface area contributed by atoms with Crippen molar-refractivity contribution in [1.29, 1.82) is 0 Å². The number of hydrogen-bond acceptors (Lipinski definition) is 7. The maximum atomic E-state index is 12.5. The van der Waals surface area contributed by atoms with E-state index in [4.69, 9.17) is 14.5 Å². The maximum absolute atomic E-state index is 12.5. The first-order valence-electron chi connectivity index (χ1n) is 10.3. The Morgan fingerprint density at radius 3 is 2.69 bits per heavy atom. The van der Waals surface area contributed by atoms with E-state index in [1.807, 2.05) is 38.1 Å². The van der Waals surface area contributed by atoms with Gasteiger partial charge in [-0.1, -0.05) is 17.8 Å². The lowest BCUT2D eigenvalue weighted by atomic mass is 10.1. The molecule has 0 atom stereocenters. The Bertz CT molecular complexity index is 1080. The van der Waals surface area contributed by atoms with Gasteiger partial charge >= 0.3 is 5.97 Å². The molecular weight excluding hydrogens is 426 g/mol. The van der Waals surface area contributed by atoms with Crippen LogP contribution in [0.5, 0.6) is 5.75 Å². The second-order valence-corrected chi connectivity index (χ2v) is 8.24. The summed E-state index contributed by atoms with van der Waals surface area (Å²) in [4.78, 5) is 29.3. The summed E-state index contributed by atoms with van der Waals surface area (Å²) < 4.78 is 10.3. The van der Waals surface area contributed by atoms with Crippen molar-refractivity contribution in [3.05, 3.63) is 59.3 Å². The van der Waals surface area contributed by atoms with Gasteiger partial charge in [0, 0.05) is 17.5 Å². The van der Waals surface area contributed by atoms with E-state index >= 15 is 0 Å². The fraction of sp³-hybridized carbons (Fsp3) is 0.292. The second kappa shape index (κ2) is 10.9. The van der Waals surface area contributed by atoms with Gasteiger partial charge in [0.1, 0.15) is 5.75 Å². The number of benzene rings is 2. The molecule has 8 heteroatoms. The SMILES string of the molecule is CCOC(=O)CC1=CC(SCC(=O)Nc2cccc(OC)c2)=Nc2cc(C)c(C)cc2N1. The summed E-state index contributed by atoms with van der Waals surface area (Å²) >= 11 is 1.30. The zero-order valence-corrected chi connectivity index (χ0v) is 19.5. The van der Waals surface area contributed by atoms with Crippen molar-refractivity contribution in [3.63, 3.8) is 0 Å². The van der Waals surface area contributed by atoms with E-state index in [0.717, 1.165) is 22.5 Å². The number of thioether (sulfide) groups is 1. The molecule has 0 saturated heterocycles. The molecule has 1 aliphatic rings. The van der Waals surface area contributed by atoms with Crippen LogP contribution < -0.4 is 15.4 Å². The molecule has 3 rings (SSSR count). The van der Waals surface area contributed by atoms with E-state index in [9.17, 15) is 9.59 Å². The number of aliphatic imine (C=N–C) groups is 1. The van der Waals surface area contributed by atoms with E-state index < -0.39 is 0 Å². The number of rotatable bonds is 7. The van der Waals surface area contributed by atoms with Gasteiger partial charge in [-0.25, -0.2) is 4.99 Å². The normalized spacial score (nSPS) is 12.5. The van der Waals surface area contributed by atoms with Crippen LogP contribution in [0.25, 0.3) is 0 Å². The number of carbonyl (C=O) groups is 2. The lowest BCUT2D eigenvalue weighted by molar-refractivity contribution is -0.142. The predicted octanol–water partition coefficient (Wildman–Crippen LogP) is 4.98. The number of nitrogens with one attached hydrogen (secondary N) is 2. The number of carbonyl (C=O) groups excluding carboxylic acids is 2. The molecule has 32 heavy (non-hydrogen) atoms. The molecule has 1 amide bonds. The monoisotopic (exact) mass is 453 g/mol. The second-order valence-electron chi connectivity index (χ2n) is 7.25. The molecule has 1 aliphatic heterocycles. The topological polar surface area (TPSA) is 89.0 Å². The van der Waals surface area contributed by atoms with Crippen molar-refractivity contribution in [3.8, 4) is 5.75 Å².